The van der Waals surface area contributed by atoms with Crippen molar-refractivity contribution in [3.05, 3.63) is 53.1 Å². The number of unbranched alkanes of at least 4 members (excludes halogenated alkanes) is 1. The van der Waals surface area contributed by atoms with Gasteiger partial charge < -0.3 is 9.30 Å². The molecule has 0 aliphatic rings. The maximum atomic E-state index is 11.3. The number of aryl methyl sites for hydroxylation is 1. The summed E-state index contributed by atoms with van der Waals surface area (Å²) in [5, 5.41) is 0. The predicted molar refractivity (Wildman–Crippen MR) is 87.5 cm³/mol. The fourth-order valence-corrected chi connectivity index (χ4v) is 2.42. The van der Waals surface area contributed by atoms with Gasteiger partial charge in [0, 0.05) is 13.0 Å². The van der Waals surface area contributed by atoms with Crippen LogP contribution in [0.1, 0.15) is 47.2 Å². The molecule has 0 saturated carbocycles. The second-order valence-corrected chi connectivity index (χ2v) is 5.48. The van der Waals surface area contributed by atoms with Gasteiger partial charge in [0.15, 0.2) is 6.29 Å². The van der Waals surface area contributed by atoms with Crippen molar-refractivity contribution in [2.75, 3.05) is 7.11 Å². The van der Waals surface area contributed by atoms with E-state index in [0.717, 1.165) is 42.5 Å². The van der Waals surface area contributed by atoms with Gasteiger partial charge in [-0.05, 0) is 17.5 Å². The van der Waals surface area contributed by atoms with Gasteiger partial charge in [-0.2, -0.15) is 0 Å². The van der Waals surface area contributed by atoms with E-state index in [1.165, 1.54) is 7.11 Å². The van der Waals surface area contributed by atoms with Crippen LogP contribution in [0.25, 0.3) is 0 Å². The lowest BCUT2D eigenvalue weighted by atomic mass is 10.1. The lowest BCUT2D eigenvalue weighted by molar-refractivity contribution is -0.139. The van der Waals surface area contributed by atoms with Crippen molar-refractivity contribution in [2.45, 2.75) is 39.2 Å². The van der Waals surface area contributed by atoms with E-state index in [1.54, 1.807) is 6.20 Å². The second kappa shape index (κ2) is 8.27. The smallest absolute Gasteiger partial charge is 0.309 e. The molecular weight excluding hydrogens is 292 g/mol. The van der Waals surface area contributed by atoms with Crippen LogP contribution in [-0.4, -0.2) is 28.9 Å². The molecule has 2 rings (SSSR count). The molecule has 5 heteroatoms. The fourth-order valence-electron chi connectivity index (χ4n) is 2.42. The highest BCUT2D eigenvalue weighted by Gasteiger charge is 2.10. The van der Waals surface area contributed by atoms with Crippen molar-refractivity contribution in [2.24, 2.45) is 0 Å². The van der Waals surface area contributed by atoms with Gasteiger partial charge in [0.05, 0.1) is 19.7 Å². The molecule has 2 aromatic rings. The van der Waals surface area contributed by atoms with E-state index in [2.05, 4.69) is 16.6 Å². The van der Waals surface area contributed by atoms with Crippen molar-refractivity contribution >= 4 is 12.3 Å². The van der Waals surface area contributed by atoms with Crippen molar-refractivity contribution in [3.8, 4) is 0 Å². The minimum absolute atomic E-state index is 0.252. The van der Waals surface area contributed by atoms with Crippen LogP contribution in [0.4, 0.5) is 0 Å². The van der Waals surface area contributed by atoms with E-state index in [9.17, 15) is 9.59 Å². The fraction of sp³-hybridized carbons (Fsp3) is 0.389. The number of benzene rings is 1. The number of rotatable bonds is 8. The first kappa shape index (κ1) is 16.9. The normalized spacial score (nSPS) is 10.5. The van der Waals surface area contributed by atoms with Gasteiger partial charge in [0.2, 0.25) is 0 Å². The highest BCUT2D eigenvalue weighted by Crippen LogP contribution is 2.13. The summed E-state index contributed by atoms with van der Waals surface area (Å²) < 4.78 is 6.62. The molecule has 1 aromatic carbocycles. The largest absolute Gasteiger partial charge is 0.469 e. The van der Waals surface area contributed by atoms with Gasteiger partial charge in [-0.25, -0.2) is 4.98 Å². The summed E-state index contributed by atoms with van der Waals surface area (Å²) in [5.41, 5.74) is 2.57. The number of methoxy groups -OCH3 is 1. The first-order valence-electron chi connectivity index (χ1n) is 7.82. The van der Waals surface area contributed by atoms with Gasteiger partial charge in [-0.15, -0.1) is 0 Å². The zero-order valence-electron chi connectivity index (χ0n) is 13.6. The SMILES string of the molecule is CCCCc1ncc(C=O)n1Cc1ccc(CC(=O)OC)cc1. The van der Waals surface area contributed by atoms with Gasteiger partial charge in [-0.3, -0.25) is 9.59 Å². The summed E-state index contributed by atoms with van der Waals surface area (Å²) >= 11 is 0. The Bertz CT molecular complexity index is 659. The summed E-state index contributed by atoms with van der Waals surface area (Å²) in [6.07, 6.45) is 5.74. The summed E-state index contributed by atoms with van der Waals surface area (Å²) in [7, 11) is 1.38. The van der Waals surface area contributed by atoms with E-state index < -0.39 is 0 Å². The van der Waals surface area contributed by atoms with Crippen molar-refractivity contribution in [1.82, 2.24) is 9.55 Å². The number of imidazole rings is 1. The van der Waals surface area contributed by atoms with E-state index in [-0.39, 0.29) is 12.4 Å². The third-order valence-electron chi connectivity index (χ3n) is 3.78. The van der Waals surface area contributed by atoms with Crippen LogP contribution >= 0.6 is 0 Å². The van der Waals surface area contributed by atoms with Crippen molar-refractivity contribution in [1.29, 1.82) is 0 Å². The van der Waals surface area contributed by atoms with E-state index in [1.807, 2.05) is 28.8 Å². The molecule has 0 unspecified atom stereocenters. The summed E-state index contributed by atoms with van der Waals surface area (Å²) in [6, 6.07) is 7.76. The standard InChI is InChI=1S/C18H22N2O3/c1-3-4-5-17-19-11-16(13-21)20(17)12-15-8-6-14(7-9-15)10-18(22)23-2/h6-9,11,13H,3-5,10,12H2,1-2H3. The zero-order valence-corrected chi connectivity index (χ0v) is 13.6. The molecule has 0 aliphatic carbocycles. The van der Waals surface area contributed by atoms with Crippen LogP contribution in [0.2, 0.25) is 0 Å². The van der Waals surface area contributed by atoms with Gasteiger partial charge >= 0.3 is 5.97 Å². The predicted octanol–water partition coefficient (Wildman–Crippen LogP) is 2.80. The number of ether oxygens (including phenoxy) is 1. The third kappa shape index (κ3) is 4.52. The molecule has 0 amide bonds. The molecule has 23 heavy (non-hydrogen) atoms. The average Bonchev–Trinajstić information content (AvgIpc) is 2.96. The van der Waals surface area contributed by atoms with Crippen LogP contribution in [0.3, 0.4) is 0 Å². The van der Waals surface area contributed by atoms with Crippen LogP contribution in [0.5, 0.6) is 0 Å². The molecule has 122 valence electrons. The third-order valence-corrected chi connectivity index (χ3v) is 3.78. The maximum Gasteiger partial charge on any atom is 0.309 e. The number of aldehydes is 1. The van der Waals surface area contributed by atoms with Gasteiger partial charge in [-0.1, -0.05) is 37.6 Å². The molecule has 0 atom stereocenters. The monoisotopic (exact) mass is 314 g/mol. The Kier molecular flexibility index (Phi) is 6.09. The molecule has 0 fully saturated rings. The van der Waals surface area contributed by atoms with Gasteiger partial charge in [0.25, 0.3) is 0 Å². The molecule has 1 aromatic heterocycles. The Labute approximate surface area is 136 Å². The minimum Gasteiger partial charge on any atom is -0.469 e. The van der Waals surface area contributed by atoms with E-state index in [4.69, 9.17) is 0 Å². The van der Waals surface area contributed by atoms with Crippen LogP contribution < -0.4 is 0 Å². The Morgan fingerprint density at radius 3 is 2.57 bits per heavy atom. The quantitative estimate of drug-likeness (QED) is 0.555. The molecule has 0 N–H and O–H groups in total. The highest BCUT2D eigenvalue weighted by atomic mass is 16.5. The molecule has 0 spiro atoms. The Morgan fingerprint density at radius 2 is 1.96 bits per heavy atom. The van der Waals surface area contributed by atoms with Crippen LogP contribution in [0.15, 0.2) is 30.5 Å². The van der Waals surface area contributed by atoms with Crippen LogP contribution in [-0.2, 0) is 28.9 Å². The number of hydrogen-bond acceptors (Lipinski definition) is 4. The number of carbonyl (C=O) groups excluding carboxylic acids is 2. The molecule has 0 radical (unpaired) electrons. The lowest BCUT2D eigenvalue weighted by Crippen LogP contribution is -2.09. The zero-order chi connectivity index (χ0) is 16.7. The number of hydrogen-bond donors (Lipinski definition) is 0. The summed E-state index contributed by atoms with van der Waals surface area (Å²) in [5.74, 6) is 0.685. The second-order valence-electron chi connectivity index (χ2n) is 5.48. The average molecular weight is 314 g/mol. The molecule has 0 saturated heterocycles. The molecular formula is C18H22N2O3. The van der Waals surface area contributed by atoms with E-state index >= 15 is 0 Å². The number of esters is 1. The van der Waals surface area contributed by atoms with Crippen molar-refractivity contribution < 1.29 is 14.3 Å². The van der Waals surface area contributed by atoms with Crippen molar-refractivity contribution in [3.63, 3.8) is 0 Å². The molecule has 0 aliphatic heterocycles. The Hall–Kier alpha value is -2.43. The molecule has 1 heterocycles. The Balaban J connectivity index is 2.13. The maximum absolute atomic E-state index is 11.3. The highest BCUT2D eigenvalue weighted by molar-refractivity contribution is 5.72. The molecule has 5 nitrogen and oxygen atoms in total. The summed E-state index contributed by atoms with van der Waals surface area (Å²) in [6.45, 7) is 2.74. The number of nitrogens with zero attached hydrogens (tertiary/aromatic N) is 2. The lowest BCUT2D eigenvalue weighted by Gasteiger charge is -2.10. The van der Waals surface area contributed by atoms with E-state index in [0.29, 0.717) is 12.2 Å². The topological polar surface area (TPSA) is 61.2 Å². The number of aromatic nitrogens is 2. The van der Waals surface area contributed by atoms with Crippen LogP contribution in [0, 0.1) is 0 Å². The first-order valence-corrected chi connectivity index (χ1v) is 7.82. The first-order chi connectivity index (χ1) is 11.2. The minimum atomic E-state index is -0.252. The van der Waals surface area contributed by atoms with Gasteiger partial charge in [0.1, 0.15) is 11.5 Å². The molecule has 0 bridgehead atoms. The summed E-state index contributed by atoms with van der Waals surface area (Å²) in [4.78, 5) is 26.8. The Morgan fingerprint density at radius 1 is 1.26 bits per heavy atom. The number of carbonyl (C=O) groups is 2.